The van der Waals surface area contributed by atoms with Crippen LogP contribution in [0.25, 0.3) is 0 Å². The Morgan fingerprint density at radius 1 is 0.455 bits per heavy atom. The molecule has 110 heavy (non-hydrogen) atoms. The molecular formula is C72H122N16O22. The topological polar surface area (TPSA) is 549 Å². The Balaban J connectivity index is 3.06. The zero-order chi connectivity index (χ0) is 83.8. The van der Waals surface area contributed by atoms with Crippen molar-refractivity contribution in [3.05, 3.63) is 35.9 Å². The monoisotopic (exact) mass is 1560 g/mol. The second-order valence-corrected chi connectivity index (χ2v) is 32.0. The molecule has 1 aromatic carbocycles. The number of aliphatic hydroxyl groups is 2. The molecule has 1 aliphatic heterocycles. The molecule has 622 valence electrons. The number of hydrogen-bond acceptors (Lipinski definition) is 23. The molecule has 38 nitrogen and oxygen atoms in total. The van der Waals surface area contributed by atoms with Crippen LogP contribution < -0.4 is 85.5 Å². The first kappa shape index (κ1) is 96.2. The molecule has 0 spiro atoms. The van der Waals surface area contributed by atoms with E-state index in [1.54, 1.807) is 148 Å². The van der Waals surface area contributed by atoms with E-state index < -0.39 is 242 Å². The third kappa shape index (κ3) is 40.5. The molecule has 1 heterocycles. The fourth-order valence-electron chi connectivity index (χ4n) is 10.1. The van der Waals surface area contributed by atoms with Gasteiger partial charge in [-0.3, -0.25) is 47.9 Å². The Labute approximate surface area is 643 Å². The van der Waals surface area contributed by atoms with E-state index in [2.05, 4.69) is 79.8 Å². The van der Waals surface area contributed by atoms with Crippen LogP contribution in [0.2, 0.25) is 0 Å². The van der Waals surface area contributed by atoms with Crippen LogP contribution >= 0.6 is 0 Å². The summed E-state index contributed by atoms with van der Waals surface area (Å²) in [4.78, 5) is 211. The van der Waals surface area contributed by atoms with Crippen LogP contribution in [0, 0.1) is 5.92 Å². The van der Waals surface area contributed by atoms with Crippen molar-refractivity contribution in [1.82, 2.24) is 79.8 Å². The smallest absolute Gasteiger partial charge is 0.407 e. The van der Waals surface area contributed by atoms with Crippen molar-refractivity contribution >= 4 is 89.5 Å². The van der Waals surface area contributed by atoms with E-state index in [1.807, 2.05) is 0 Å². The van der Waals surface area contributed by atoms with Gasteiger partial charge in [0.2, 0.25) is 59.1 Å². The molecular weight excluding hydrogens is 1440 g/mol. The molecule has 38 heteroatoms. The van der Waals surface area contributed by atoms with Crippen molar-refractivity contribution in [2.45, 2.75) is 284 Å². The Bertz CT molecular complexity index is 3270. The second kappa shape index (κ2) is 44.7. The lowest BCUT2D eigenvalue weighted by atomic mass is 10.00. The molecule has 1 saturated heterocycles. The molecule has 0 aliphatic carbocycles. The van der Waals surface area contributed by atoms with Gasteiger partial charge in [-0.25, -0.2) is 24.0 Å². The lowest BCUT2D eigenvalue weighted by Crippen LogP contribution is -2.62. The van der Waals surface area contributed by atoms with Gasteiger partial charge >= 0.3 is 30.5 Å². The van der Waals surface area contributed by atoms with Crippen LogP contribution in [0.15, 0.2) is 30.3 Å². The quantitative estimate of drug-likeness (QED) is 0.0508. The van der Waals surface area contributed by atoms with Crippen LogP contribution in [-0.4, -0.2) is 240 Å². The summed E-state index contributed by atoms with van der Waals surface area (Å²) in [6.45, 7) is 27.3. The molecule has 0 radical (unpaired) electrons. The predicted octanol–water partition coefficient (Wildman–Crippen LogP) is -0.179. The van der Waals surface area contributed by atoms with Crippen molar-refractivity contribution in [3.8, 4) is 0 Å². The standard InChI is InChI=1S/C72H122N16O22/c1-39(2)37-49-59(97)83-45(27-33-76-64(102)107-69(8,9)10)55(93)82-48(30-36-79-67(105)110-72(17,18)19)58(96)88-51(40(3)89)61(99)74-32-26-44(54(92)81-46(28-34-77-65(103)108-70(11,12)13)57(95)86-50(60(98)85-49)38-42-23-21-20-22-24-42)80-56(94)47(29-35-78-66(104)109-71(14,15)16)84-62(100)52(41(4)90)87-53(91)43(73)25-31-75-63(101)106-68(5,6)7/h20-24,39-41,43-52,89-90H,25-38,73H2,1-19H3,(H,74,99)(H,75,101)(H,76,102)(H,77,103)(H,78,104)(H,79,105)(H,80,94)(H,81,92)(H,82,93)(H,83,97)(H,84,100)(H,85,98)(H,86,95)(H,87,91)(H,88,96)/t40-,41-,43+,44+,45+,46+,47+,48+,49+,50-,51+,52+/m1/s1. The Morgan fingerprint density at radius 3 is 1.22 bits per heavy atom. The molecule has 12 atom stereocenters. The molecule has 1 aromatic rings. The molecule has 0 bridgehead atoms. The summed E-state index contributed by atoms with van der Waals surface area (Å²) in [7, 11) is 0. The highest BCUT2D eigenvalue weighted by Gasteiger charge is 2.39. The fraction of sp³-hybridized carbons (Fsp3) is 0.708. The summed E-state index contributed by atoms with van der Waals surface area (Å²) < 4.78 is 26.7. The fourth-order valence-corrected chi connectivity index (χ4v) is 10.1. The first-order valence-electron chi connectivity index (χ1n) is 36.7. The lowest BCUT2D eigenvalue weighted by molar-refractivity contribution is -0.136. The maximum absolute atomic E-state index is 15.2. The van der Waals surface area contributed by atoms with E-state index in [-0.39, 0.29) is 44.8 Å². The van der Waals surface area contributed by atoms with Gasteiger partial charge in [0.1, 0.15) is 82.4 Å². The largest absolute Gasteiger partial charge is 0.444 e. The van der Waals surface area contributed by atoms with Gasteiger partial charge in [0.25, 0.3) is 0 Å². The van der Waals surface area contributed by atoms with Crippen molar-refractivity contribution < 1.29 is 106 Å². The summed E-state index contributed by atoms with van der Waals surface area (Å²) >= 11 is 0. The maximum Gasteiger partial charge on any atom is 0.407 e. The van der Waals surface area contributed by atoms with E-state index in [9.17, 15) is 63.0 Å². The minimum absolute atomic E-state index is 0.116. The van der Waals surface area contributed by atoms with Gasteiger partial charge in [-0.1, -0.05) is 44.2 Å². The molecule has 0 saturated carbocycles. The summed E-state index contributed by atoms with van der Waals surface area (Å²) in [5, 5.41) is 59.8. The van der Waals surface area contributed by atoms with E-state index in [0.717, 1.165) is 13.8 Å². The number of benzene rings is 1. The molecule has 1 fully saturated rings. The number of hydrogen-bond donors (Lipinski definition) is 18. The van der Waals surface area contributed by atoms with E-state index in [1.165, 1.54) is 0 Å². The normalized spacial score (nSPS) is 20.5. The van der Waals surface area contributed by atoms with Crippen LogP contribution in [0.5, 0.6) is 0 Å². The Morgan fingerprint density at radius 2 is 0.818 bits per heavy atom. The van der Waals surface area contributed by atoms with Crippen molar-refractivity contribution in [2.24, 2.45) is 11.7 Å². The van der Waals surface area contributed by atoms with Crippen molar-refractivity contribution in [1.29, 1.82) is 0 Å². The number of nitrogens with two attached hydrogens (primary N) is 1. The minimum atomic E-state index is -1.92. The average Bonchev–Trinajstić information content (AvgIpc) is 0.958. The number of carbonyl (C=O) groups excluding carboxylic acids is 15. The minimum Gasteiger partial charge on any atom is -0.444 e. The van der Waals surface area contributed by atoms with E-state index in [4.69, 9.17) is 29.4 Å². The van der Waals surface area contributed by atoms with Gasteiger partial charge in [0, 0.05) is 45.7 Å². The highest BCUT2D eigenvalue weighted by atomic mass is 16.6. The third-order valence-electron chi connectivity index (χ3n) is 15.1. The molecule has 1 aliphatic rings. The highest BCUT2D eigenvalue weighted by Crippen LogP contribution is 2.15. The van der Waals surface area contributed by atoms with E-state index in [0.29, 0.717) is 5.56 Å². The number of carbonyl (C=O) groups is 15. The van der Waals surface area contributed by atoms with Gasteiger partial charge in [-0.2, -0.15) is 0 Å². The molecule has 15 amide bonds. The second-order valence-electron chi connectivity index (χ2n) is 32.0. The number of ether oxygens (including phenoxy) is 5. The zero-order valence-electron chi connectivity index (χ0n) is 66.9. The maximum atomic E-state index is 15.2. The number of amides is 15. The van der Waals surface area contributed by atoms with Crippen LogP contribution in [0.1, 0.15) is 182 Å². The Kier molecular flexibility index (Phi) is 39.1. The molecule has 0 unspecified atom stereocenters. The summed E-state index contributed by atoms with van der Waals surface area (Å²) in [5.41, 5.74) is 1.77. The van der Waals surface area contributed by atoms with Gasteiger partial charge in [0.15, 0.2) is 0 Å². The Hall–Kier alpha value is -9.85. The van der Waals surface area contributed by atoms with Crippen LogP contribution in [0.4, 0.5) is 24.0 Å². The van der Waals surface area contributed by atoms with E-state index >= 15 is 19.2 Å². The van der Waals surface area contributed by atoms with Crippen LogP contribution in [0.3, 0.4) is 0 Å². The number of nitrogens with one attached hydrogen (secondary N) is 15. The third-order valence-corrected chi connectivity index (χ3v) is 15.1. The number of rotatable bonds is 27. The first-order valence-corrected chi connectivity index (χ1v) is 36.7. The summed E-state index contributed by atoms with van der Waals surface area (Å²) in [6.07, 6.45) is -11.1. The van der Waals surface area contributed by atoms with Gasteiger partial charge in [0.05, 0.1) is 18.2 Å². The van der Waals surface area contributed by atoms with Gasteiger partial charge in [-0.15, -0.1) is 0 Å². The SMILES string of the molecule is CC(C)C[C@@H]1NC(=O)[C@@H](Cc2ccccc2)NC(=O)[C@H](CCNC(=O)OC(C)(C)C)NC(=O)[C@@H](NC(=O)[C@H](CCNC(=O)OC(C)(C)C)NC(=O)[C@@H](NC(=O)[C@@H](N)CCNC(=O)OC(C)(C)C)[C@@H](C)O)CCNC(=O)[C@H]([C@@H](C)O)NC(=O)[C@H](CCNC(=O)OC(C)(C)C)NC(=O)[C@H](CCNC(=O)OC(C)(C)C)NC1=O. The first-order chi connectivity index (χ1) is 50.7. The lowest BCUT2D eigenvalue weighted by Gasteiger charge is -2.29. The number of alkyl carbamates (subject to hydrolysis) is 5. The van der Waals surface area contributed by atoms with Gasteiger partial charge < -0.3 is 119 Å². The molecule has 19 N–H and O–H groups in total. The zero-order valence-corrected chi connectivity index (χ0v) is 66.9. The van der Waals surface area contributed by atoms with Gasteiger partial charge in [-0.05, 0) is 174 Å². The van der Waals surface area contributed by atoms with Crippen molar-refractivity contribution in [3.63, 3.8) is 0 Å². The summed E-state index contributed by atoms with van der Waals surface area (Å²) in [5.74, 6) is -11.4. The molecule has 2 rings (SSSR count). The highest BCUT2D eigenvalue weighted by molar-refractivity contribution is 5.99. The summed E-state index contributed by atoms with van der Waals surface area (Å²) in [6, 6.07) is -8.97. The van der Waals surface area contributed by atoms with Crippen LogP contribution in [-0.2, 0) is 78.1 Å². The predicted molar refractivity (Wildman–Crippen MR) is 400 cm³/mol. The average molecular weight is 1560 g/mol. The van der Waals surface area contributed by atoms with Crippen molar-refractivity contribution in [2.75, 3.05) is 39.3 Å². The molecule has 0 aromatic heterocycles. The number of aliphatic hydroxyl groups excluding tert-OH is 2.